The Hall–Kier alpha value is -1.78. The van der Waals surface area contributed by atoms with E-state index in [4.69, 9.17) is 0 Å². The number of aromatic nitrogens is 4. The Kier molecular flexibility index (Phi) is 3.69. The van der Waals surface area contributed by atoms with E-state index < -0.39 is 0 Å². The molecule has 2 aromatic heterocycles. The molecule has 0 aromatic carbocycles. The van der Waals surface area contributed by atoms with Gasteiger partial charge in [-0.2, -0.15) is 10.2 Å². The molecule has 1 N–H and O–H groups in total. The first-order valence-corrected chi connectivity index (χ1v) is 6.38. The first kappa shape index (κ1) is 12.7. The molecule has 5 nitrogen and oxygen atoms in total. The van der Waals surface area contributed by atoms with Crippen LogP contribution in [0.4, 0.5) is 5.82 Å². The molecule has 1 atom stereocenters. The summed E-state index contributed by atoms with van der Waals surface area (Å²) in [5.41, 5.74) is 2.22. The predicted octanol–water partition coefficient (Wildman–Crippen LogP) is 2.51. The molecule has 0 spiro atoms. The van der Waals surface area contributed by atoms with Crippen molar-refractivity contribution in [3.8, 4) is 0 Å². The van der Waals surface area contributed by atoms with Crippen LogP contribution in [0.5, 0.6) is 0 Å². The zero-order chi connectivity index (χ0) is 13.1. The van der Waals surface area contributed by atoms with Crippen molar-refractivity contribution in [1.29, 1.82) is 0 Å². The average molecular weight is 247 g/mol. The summed E-state index contributed by atoms with van der Waals surface area (Å²) in [5, 5.41) is 12.1. The van der Waals surface area contributed by atoms with Gasteiger partial charge in [-0.3, -0.25) is 9.36 Å². The van der Waals surface area contributed by atoms with E-state index in [9.17, 15) is 0 Å². The second kappa shape index (κ2) is 5.25. The van der Waals surface area contributed by atoms with Gasteiger partial charge in [0.2, 0.25) is 0 Å². The van der Waals surface area contributed by atoms with Crippen molar-refractivity contribution in [2.75, 3.05) is 5.32 Å². The van der Waals surface area contributed by atoms with Crippen LogP contribution in [0.3, 0.4) is 0 Å². The number of aryl methyl sites for hydroxylation is 2. The van der Waals surface area contributed by atoms with Crippen LogP contribution >= 0.6 is 0 Å². The molecule has 18 heavy (non-hydrogen) atoms. The molecule has 0 aliphatic carbocycles. The van der Waals surface area contributed by atoms with Crippen molar-refractivity contribution in [1.82, 2.24) is 19.6 Å². The highest BCUT2D eigenvalue weighted by atomic mass is 15.3. The topological polar surface area (TPSA) is 47.7 Å². The third-order valence-corrected chi connectivity index (χ3v) is 3.21. The number of nitrogens with one attached hydrogen (secondary N) is 1. The van der Waals surface area contributed by atoms with Crippen LogP contribution in [-0.2, 0) is 13.6 Å². The predicted molar refractivity (Wildman–Crippen MR) is 72.5 cm³/mol. The van der Waals surface area contributed by atoms with Gasteiger partial charge < -0.3 is 5.32 Å². The molecule has 2 heterocycles. The van der Waals surface area contributed by atoms with Gasteiger partial charge in [0.15, 0.2) is 0 Å². The Balaban J connectivity index is 2.06. The number of rotatable bonds is 5. The highest BCUT2D eigenvalue weighted by molar-refractivity contribution is 5.37. The van der Waals surface area contributed by atoms with E-state index >= 15 is 0 Å². The van der Waals surface area contributed by atoms with Gasteiger partial charge in [0.25, 0.3) is 0 Å². The highest BCUT2D eigenvalue weighted by Gasteiger charge is 2.09. The van der Waals surface area contributed by atoms with Gasteiger partial charge in [-0.15, -0.1) is 0 Å². The smallest absolute Gasteiger partial charge is 0.124 e. The fraction of sp³-hybridized carbons (Fsp3) is 0.538. The van der Waals surface area contributed by atoms with Gasteiger partial charge in [-0.1, -0.05) is 6.92 Å². The number of hydrogen-bond acceptors (Lipinski definition) is 3. The zero-order valence-electron chi connectivity index (χ0n) is 11.5. The molecule has 98 valence electrons. The number of anilines is 1. The van der Waals surface area contributed by atoms with E-state index in [0.29, 0.717) is 6.04 Å². The summed E-state index contributed by atoms with van der Waals surface area (Å²) in [6.45, 7) is 7.12. The lowest BCUT2D eigenvalue weighted by molar-refractivity contribution is 0.462. The molecular weight excluding hydrogens is 226 g/mol. The summed E-state index contributed by atoms with van der Waals surface area (Å²) >= 11 is 0. The van der Waals surface area contributed by atoms with E-state index in [1.807, 2.05) is 30.9 Å². The first-order valence-electron chi connectivity index (χ1n) is 6.38. The SMILES string of the molecule is CC[C@@H](C)n1nccc1CNc1cc(C)nn1C. The van der Waals surface area contributed by atoms with Gasteiger partial charge in [0.05, 0.1) is 17.9 Å². The summed E-state index contributed by atoms with van der Waals surface area (Å²) in [7, 11) is 1.95. The van der Waals surface area contributed by atoms with Crippen LogP contribution in [0.2, 0.25) is 0 Å². The van der Waals surface area contributed by atoms with Crippen LogP contribution in [0.15, 0.2) is 18.3 Å². The lowest BCUT2D eigenvalue weighted by Crippen LogP contribution is -2.13. The van der Waals surface area contributed by atoms with Crippen molar-refractivity contribution in [2.24, 2.45) is 7.05 Å². The number of hydrogen-bond donors (Lipinski definition) is 1. The molecule has 2 rings (SSSR count). The summed E-state index contributed by atoms with van der Waals surface area (Å²) in [5.74, 6) is 1.03. The first-order chi connectivity index (χ1) is 8.61. The maximum Gasteiger partial charge on any atom is 0.124 e. The number of nitrogens with zero attached hydrogens (tertiary/aromatic N) is 4. The van der Waals surface area contributed by atoms with Crippen LogP contribution in [0.25, 0.3) is 0 Å². The minimum absolute atomic E-state index is 0.435. The van der Waals surface area contributed by atoms with Gasteiger partial charge >= 0.3 is 0 Å². The molecule has 0 bridgehead atoms. The normalized spacial score (nSPS) is 12.7. The summed E-state index contributed by atoms with van der Waals surface area (Å²) in [6, 6.07) is 4.54. The molecule has 0 amide bonds. The van der Waals surface area contributed by atoms with Crippen molar-refractivity contribution in [3.05, 3.63) is 29.7 Å². The van der Waals surface area contributed by atoms with Gasteiger partial charge in [0, 0.05) is 25.4 Å². The monoisotopic (exact) mass is 247 g/mol. The van der Waals surface area contributed by atoms with Crippen LogP contribution in [0, 0.1) is 6.92 Å². The maximum absolute atomic E-state index is 4.38. The molecule has 0 aliphatic heterocycles. The third kappa shape index (κ3) is 2.55. The Bertz CT molecular complexity index is 511. The third-order valence-electron chi connectivity index (χ3n) is 3.21. The second-order valence-corrected chi connectivity index (χ2v) is 4.67. The summed E-state index contributed by atoms with van der Waals surface area (Å²) in [4.78, 5) is 0. The fourth-order valence-corrected chi connectivity index (χ4v) is 2.01. The van der Waals surface area contributed by atoms with Crippen molar-refractivity contribution < 1.29 is 0 Å². The summed E-state index contributed by atoms with van der Waals surface area (Å²) < 4.78 is 3.94. The van der Waals surface area contributed by atoms with Crippen molar-refractivity contribution in [2.45, 2.75) is 39.8 Å². The zero-order valence-corrected chi connectivity index (χ0v) is 11.5. The molecule has 2 aromatic rings. The van der Waals surface area contributed by atoms with E-state index in [0.717, 1.165) is 24.5 Å². The van der Waals surface area contributed by atoms with E-state index in [-0.39, 0.29) is 0 Å². The molecule has 0 aliphatic rings. The maximum atomic E-state index is 4.38. The van der Waals surface area contributed by atoms with Crippen LogP contribution in [0.1, 0.15) is 37.7 Å². The molecule has 0 saturated heterocycles. The summed E-state index contributed by atoms with van der Waals surface area (Å²) in [6.07, 6.45) is 2.94. The molecule has 5 heteroatoms. The quantitative estimate of drug-likeness (QED) is 0.883. The minimum atomic E-state index is 0.435. The highest BCUT2D eigenvalue weighted by Crippen LogP contribution is 2.14. The standard InChI is InChI=1S/C13H21N5/c1-5-11(3)18-12(6-7-15-18)9-14-13-8-10(2)16-17(13)4/h6-8,11,14H,5,9H2,1-4H3/t11-/m1/s1. The average Bonchev–Trinajstić information content (AvgIpc) is 2.92. The second-order valence-electron chi connectivity index (χ2n) is 4.67. The van der Waals surface area contributed by atoms with Crippen LogP contribution < -0.4 is 5.32 Å². The fourth-order valence-electron chi connectivity index (χ4n) is 2.01. The Morgan fingerprint density at radius 3 is 2.83 bits per heavy atom. The largest absolute Gasteiger partial charge is 0.365 e. The van der Waals surface area contributed by atoms with E-state index in [2.05, 4.69) is 40.1 Å². The van der Waals surface area contributed by atoms with Gasteiger partial charge in [-0.05, 0) is 26.3 Å². The minimum Gasteiger partial charge on any atom is -0.365 e. The van der Waals surface area contributed by atoms with Crippen LogP contribution in [-0.4, -0.2) is 19.6 Å². The Morgan fingerprint density at radius 1 is 1.44 bits per heavy atom. The molecule has 0 saturated carbocycles. The molecular formula is C13H21N5. The Morgan fingerprint density at radius 2 is 2.22 bits per heavy atom. The Labute approximate surface area is 108 Å². The molecule has 0 radical (unpaired) electrons. The lowest BCUT2D eigenvalue weighted by Gasteiger charge is -2.14. The van der Waals surface area contributed by atoms with E-state index in [1.54, 1.807) is 0 Å². The lowest BCUT2D eigenvalue weighted by atomic mass is 10.2. The molecule has 0 unspecified atom stereocenters. The molecule has 0 fully saturated rings. The van der Waals surface area contributed by atoms with Gasteiger partial charge in [-0.25, -0.2) is 0 Å². The van der Waals surface area contributed by atoms with E-state index in [1.165, 1.54) is 5.69 Å². The van der Waals surface area contributed by atoms with Crippen molar-refractivity contribution in [3.63, 3.8) is 0 Å². The van der Waals surface area contributed by atoms with Crippen molar-refractivity contribution >= 4 is 5.82 Å². The van der Waals surface area contributed by atoms with Gasteiger partial charge in [0.1, 0.15) is 5.82 Å².